The number of rotatable bonds is 4. The molecule has 0 saturated carbocycles. The maximum atomic E-state index is 13.3. The van der Waals surface area contributed by atoms with Crippen LogP contribution in [0.15, 0.2) is 48.5 Å². The molecule has 0 spiro atoms. The number of nitriles is 1. The first kappa shape index (κ1) is 21.9. The average Bonchev–Trinajstić information content (AvgIpc) is 3.06. The van der Waals surface area contributed by atoms with Gasteiger partial charge >= 0.3 is 12.3 Å². The second kappa shape index (κ2) is 8.65. The molecule has 5 nitrogen and oxygen atoms in total. The van der Waals surface area contributed by atoms with Gasteiger partial charge in [-0.2, -0.15) is 18.4 Å². The number of alkyl halides is 3. The topological polar surface area (TPSA) is 70.4 Å². The monoisotopic (exact) mass is 442 g/mol. The molecule has 0 aromatic heterocycles. The van der Waals surface area contributed by atoms with Gasteiger partial charge < -0.3 is 9.64 Å². The van der Waals surface area contributed by atoms with Gasteiger partial charge in [-0.3, -0.25) is 4.79 Å². The highest BCUT2D eigenvalue weighted by Gasteiger charge is 2.46. The number of carbonyl (C=O) groups is 2. The fourth-order valence-electron chi connectivity index (χ4n) is 4.75. The summed E-state index contributed by atoms with van der Waals surface area (Å²) in [6, 6.07) is 13.6. The third-order valence-corrected chi connectivity index (χ3v) is 6.25. The van der Waals surface area contributed by atoms with Crippen LogP contribution in [0.2, 0.25) is 0 Å². The van der Waals surface area contributed by atoms with E-state index in [1.807, 2.05) is 30.3 Å². The van der Waals surface area contributed by atoms with Gasteiger partial charge in [0.2, 0.25) is 0 Å². The van der Waals surface area contributed by atoms with Crippen molar-refractivity contribution in [2.45, 2.75) is 50.6 Å². The van der Waals surface area contributed by atoms with E-state index < -0.39 is 29.3 Å². The Morgan fingerprint density at radius 1 is 1.06 bits per heavy atom. The van der Waals surface area contributed by atoms with Crippen molar-refractivity contribution in [2.75, 3.05) is 0 Å². The summed E-state index contributed by atoms with van der Waals surface area (Å²) in [7, 11) is 0. The lowest BCUT2D eigenvalue weighted by Crippen LogP contribution is -2.48. The first-order valence-corrected chi connectivity index (χ1v) is 10.4. The van der Waals surface area contributed by atoms with Gasteiger partial charge in [-0.15, -0.1) is 0 Å². The molecule has 2 aliphatic heterocycles. The van der Waals surface area contributed by atoms with E-state index in [-0.39, 0.29) is 30.0 Å². The zero-order chi connectivity index (χ0) is 22.9. The van der Waals surface area contributed by atoms with E-state index in [4.69, 9.17) is 10.00 Å². The van der Waals surface area contributed by atoms with Crippen molar-refractivity contribution in [3.05, 3.63) is 70.8 Å². The van der Waals surface area contributed by atoms with Gasteiger partial charge in [0.25, 0.3) is 0 Å². The van der Waals surface area contributed by atoms with Gasteiger partial charge in [0.1, 0.15) is 6.61 Å². The summed E-state index contributed by atoms with van der Waals surface area (Å²) in [6.45, 7) is 0.156. The Morgan fingerprint density at radius 2 is 1.72 bits per heavy atom. The molecular formula is C24H21F3N2O3. The highest BCUT2D eigenvalue weighted by atomic mass is 19.4. The van der Waals surface area contributed by atoms with Crippen molar-refractivity contribution < 1.29 is 27.5 Å². The fourth-order valence-corrected chi connectivity index (χ4v) is 4.75. The van der Waals surface area contributed by atoms with Crippen LogP contribution >= 0.6 is 0 Å². The molecule has 2 heterocycles. The van der Waals surface area contributed by atoms with Crippen molar-refractivity contribution in [3.8, 4) is 6.07 Å². The fraction of sp³-hybridized carbons (Fsp3) is 0.375. The molecule has 166 valence electrons. The van der Waals surface area contributed by atoms with E-state index in [1.54, 1.807) is 4.90 Å². The molecule has 32 heavy (non-hydrogen) atoms. The van der Waals surface area contributed by atoms with Gasteiger partial charge in [-0.05, 0) is 43.4 Å². The SMILES string of the molecule is N#Cc1ccc(C(=O)C2CC3CCC(C2)N3C(=O)OCc2ccccc2)cc1C(F)(F)F. The molecule has 2 unspecified atom stereocenters. The molecule has 2 aromatic rings. The van der Waals surface area contributed by atoms with Crippen LogP contribution in [-0.2, 0) is 17.5 Å². The minimum Gasteiger partial charge on any atom is -0.445 e. The summed E-state index contributed by atoms with van der Waals surface area (Å²) >= 11 is 0. The molecule has 8 heteroatoms. The second-order valence-electron chi connectivity index (χ2n) is 8.23. The summed E-state index contributed by atoms with van der Waals surface area (Å²) in [5.41, 5.74) is -0.791. The minimum atomic E-state index is -4.72. The van der Waals surface area contributed by atoms with Gasteiger partial charge in [-0.25, -0.2) is 4.79 Å². The largest absolute Gasteiger partial charge is 0.445 e. The molecule has 2 aliphatic rings. The van der Waals surface area contributed by atoms with Crippen LogP contribution in [0.4, 0.5) is 18.0 Å². The number of benzene rings is 2. The Bertz CT molecular complexity index is 1050. The number of Topliss-reactive ketones (excluding diaryl/α,β-unsaturated/α-hetero) is 1. The van der Waals surface area contributed by atoms with Gasteiger partial charge in [-0.1, -0.05) is 36.4 Å². The number of hydrogen-bond acceptors (Lipinski definition) is 4. The molecule has 1 amide bonds. The number of ether oxygens (including phenoxy) is 1. The summed E-state index contributed by atoms with van der Waals surface area (Å²) in [4.78, 5) is 27.4. The Kier molecular flexibility index (Phi) is 5.92. The van der Waals surface area contributed by atoms with Crippen molar-refractivity contribution >= 4 is 11.9 Å². The number of piperidine rings is 1. The van der Waals surface area contributed by atoms with Crippen LogP contribution in [-0.4, -0.2) is 28.9 Å². The number of nitrogens with zero attached hydrogens (tertiary/aromatic N) is 2. The minimum absolute atomic E-state index is 0.0548. The molecule has 2 fully saturated rings. The number of halogens is 3. The number of amides is 1. The molecule has 2 saturated heterocycles. The first-order valence-electron chi connectivity index (χ1n) is 10.4. The van der Waals surface area contributed by atoms with Crippen molar-refractivity contribution in [1.82, 2.24) is 4.90 Å². The van der Waals surface area contributed by atoms with Crippen LogP contribution in [0.5, 0.6) is 0 Å². The number of hydrogen-bond donors (Lipinski definition) is 0. The predicted molar refractivity (Wildman–Crippen MR) is 108 cm³/mol. The van der Waals surface area contributed by atoms with Crippen LogP contribution in [0.1, 0.15) is 52.7 Å². The quantitative estimate of drug-likeness (QED) is 0.600. The Labute approximate surface area is 183 Å². The Hall–Kier alpha value is -3.34. The zero-order valence-corrected chi connectivity index (χ0v) is 17.1. The van der Waals surface area contributed by atoms with Crippen LogP contribution in [0, 0.1) is 17.2 Å². The van der Waals surface area contributed by atoms with E-state index in [1.165, 1.54) is 12.1 Å². The Balaban J connectivity index is 1.45. The van der Waals surface area contributed by atoms with Crippen molar-refractivity contribution in [2.24, 2.45) is 5.92 Å². The van der Waals surface area contributed by atoms with Crippen LogP contribution in [0.25, 0.3) is 0 Å². The molecular weight excluding hydrogens is 421 g/mol. The molecule has 0 aliphatic carbocycles. The predicted octanol–water partition coefficient (Wildman–Crippen LogP) is 5.34. The second-order valence-corrected chi connectivity index (χ2v) is 8.23. The van der Waals surface area contributed by atoms with E-state index in [9.17, 15) is 22.8 Å². The third kappa shape index (κ3) is 4.33. The number of fused-ring (bicyclic) bond motifs is 2. The summed E-state index contributed by atoms with van der Waals surface area (Å²) in [6.07, 6.45) is -2.91. The molecule has 0 radical (unpaired) electrons. The summed E-state index contributed by atoms with van der Waals surface area (Å²) < 4.78 is 45.3. The maximum absolute atomic E-state index is 13.3. The molecule has 2 atom stereocenters. The van der Waals surface area contributed by atoms with Crippen LogP contribution in [0.3, 0.4) is 0 Å². The van der Waals surface area contributed by atoms with E-state index in [0.29, 0.717) is 12.8 Å². The summed E-state index contributed by atoms with van der Waals surface area (Å²) in [5.74, 6) is -0.853. The van der Waals surface area contributed by atoms with Gasteiger partial charge in [0.15, 0.2) is 5.78 Å². The number of carbonyl (C=O) groups excluding carboxylic acids is 2. The zero-order valence-electron chi connectivity index (χ0n) is 17.1. The van der Waals surface area contributed by atoms with Crippen molar-refractivity contribution in [3.63, 3.8) is 0 Å². The molecule has 4 rings (SSSR count). The number of ketones is 1. The summed E-state index contributed by atoms with van der Waals surface area (Å²) in [5, 5.41) is 8.95. The van der Waals surface area contributed by atoms with E-state index in [0.717, 1.165) is 30.5 Å². The van der Waals surface area contributed by atoms with E-state index in [2.05, 4.69) is 0 Å². The molecule has 0 N–H and O–H groups in total. The lowest BCUT2D eigenvalue weighted by molar-refractivity contribution is -0.137. The smallest absolute Gasteiger partial charge is 0.417 e. The highest BCUT2D eigenvalue weighted by Crippen LogP contribution is 2.41. The standard InChI is InChI=1S/C24H21F3N2O3/c25-24(26,27)21-12-16(6-7-17(21)13-28)22(30)18-10-19-8-9-20(11-18)29(19)23(31)32-14-15-4-2-1-3-5-15/h1-7,12,18-20H,8-11,14H2. The maximum Gasteiger partial charge on any atom is 0.417 e. The lowest BCUT2D eigenvalue weighted by atomic mass is 9.84. The van der Waals surface area contributed by atoms with Gasteiger partial charge in [0.05, 0.1) is 17.2 Å². The van der Waals surface area contributed by atoms with E-state index >= 15 is 0 Å². The Morgan fingerprint density at radius 3 is 2.31 bits per heavy atom. The lowest BCUT2D eigenvalue weighted by Gasteiger charge is -2.37. The average molecular weight is 442 g/mol. The molecule has 2 bridgehead atoms. The van der Waals surface area contributed by atoms with Crippen LogP contribution < -0.4 is 0 Å². The first-order chi connectivity index (χ1) is 15.3. The normalized spacial score (nSPS) is 22.3. The van der Waals surface area contributed by atoms with Crippen molar-refractivity contribution in [1.29, 1.82) is 5.26 Å². The molecule has 2 aromatic carbocycles. The third-order valence-electron chi connectivity index (χ3n) is 6.25. The highest BCUT2D eigenvalue weighted by molar-refractivity contribution is 5.98. The van der Waals surface area contributed by atoms with Gasteiger partial charge in [0, 0.05) is 23.6 Å².